The van der Waals surface area contributed by atoms with E-state index in [-0.39, 0.29) is 29.0 Å². The van der Waals surface area contributed by atoms with Crippen LogP contribution in [0.15, 0.2) is 82.9 Å². The monoisotopic (exact) mass is 598 g/mol. The van der Waals surface area contributed by atoms with Gasteiger partial charge in [0.05, 0.1) is 10.5 Å². The van der Waals surface area contributed by atoms with E-state index in [0.717, 1.165) is 37.4 Å². The number of aromatic nitrogens is 5. The highest BCUT2D eigenvalue weighted by molar-refractivity contribution is 7.89. The van der Waals surface area contributed by atoms with Gasteiger partial charge in [0.15, 0.2) is 0 Å². The van der Waals surface area contributed by atoms with Crippen LogP contribution in [0, 0.1) is 0 Å². The van der Waals surface area contributed by atoms with E-state index in [9.17, 15) is 13.2 Å². The molecule has 1 fully saturated rings. The quantitative estimate of drug-likeness (QED) is 0.268. The Morgan fingerprint density at radius 2 is 1.93 bits per heavy atom. The topological polar surface area (TPSA) is 145 Å². The lowest BCUT2D eigenvalue weighted by Gasteiger charge is -2.28. The fraction of sp³-hybridized carbons (Fsp3) is 0.267. The Labute approximate surface area is 247 Å². The number of sulfonamides is 1. The summed E-state index contributed by atoms with van der Waals surface area (Å²) in [7, 11) is -2.09. The third-order valence-corrected chi connectivity index (χ3v) is 9.34. The largest absolute Gasteiger partial charge is 0.489 e. The summed E-state index contributed by atoms with van der Waals surface area (Å²) in [6.45, 7) is 1.85. The third-order valence-electron chi connectivity index (χ3n) is 7.78. The van der Waals surface area contributed by atoms with Crippen molar-refractivity contribution in [3.8, 4) is 17.1 Å². The van der Waals surface area contributed by atoms with Crippen molar-refractivity contribution in [3.05, 3.63) is 89.1 Å². The molecule has 0 radical (unpaired) electrons. The molecule has 2 aliphatic heterocycles. The van der Waals surface area contributed by atoms with E-state index in [1.165, 1.54) is 4.57 Å². The molecular formula is C30H30N8O4S. The molecule has 43 heavy (non-hydrogen) atoms. The average molecular weight is 599 g/mol. The Morgan fingerprint density at radius 3 is 2.70 bits per heavy atom. The maximum Gasteiger partial charge on any atom is 0.264 e. The van der Waals surface area contributed by atoms with Crippen LogP contribution in [0.2, 0.25) is 0 Å². The molecule has 3 aromatic heterocycles. The summed E-state index contributed by atoms with van der Waals surface area (Å²) in [5, 5.41) is 7.11. The van der Waals surface area contributed by atoms with Gasteiger partial charge in [0, 0.05) is 49.7 Å². The van der Waals surface area contributed by atoms with E-state index in [0.29, 0.717) is 22.3 Å². The Hall–Kier alpha value is -4.59. The van der Waals surface area contributed by atoms with Gasteiger partial charge in [-0.1, -0.05) is 18.2 Å². The molecular weight excluding hydrogens is 568 g/mol. The highest BCUT2D eigenvalue weighted by Crippen LogP contribution is 2.30. The minimum absolute atomic E-state index is 0.146. The molecule has 13 heteroatoms. The molecule has 5 aromatic rings. The summed E-state index contributed by atoms with van der Waals surface area (Å²) < 4.78 is 38.4. The fourth-order valence-electron chi connectivity index (χ4n) is 5.68. The van der Waals surface area contributed by atoms with Gasteiger partial charge in [-0.05, 0) is 61.3 Å². The van der Waals surface area contributed by atoms with Crippen molar-refractivity contribution >= 4 is 32.7 Å². The summed E-state index contributed by atoms with van der Waals surface area (Å²) in [6, 6.07) is 16.0. The predicted molar refractivity (Wildman–Crippen MR) is 162 cm³/mol. The molecule has 0 spiro atoms. The minimum Gasteiger partial charge on any atom is -0.489 e. The highest BCUT2D eigenvalue weighted by atomic mass is 32.2. The van der Waals surface area contributed by atoms with Crippen molar-refractivity contribution in [1.82, 2.24) is 34.1 Å². The number of aryl methyl sites for hydroxylation is 1. The summed E-state index contributed by atoms with van der Waals surface area (Å²) >= 11 is 0. The van der Waals surface area contributed by atoms with Crippen LogP contribution in [-0.4, -0.2) is 51.7 Å². The zero-order valence-electron chi connectivity index (χ0n) is 23.4. The van der Waals surface area contributed by atoms with Crippen LogP contribution in [0.1, 0.15) is 24.6 Å². The van der Waals surface area contributed by atoms with Gasteiger partial charge in [-0.25, -0.2) is 18.4 Å². The van der Waals surface area contributed by atoms with Crippen LogP contribution in [0.3, 0.4) is 0 Å². The SMILES string of the molecule is Cn1ccnc1-c1cc2cnc(Nc3ccc(OC4CCCNC4)cc3)nc2n(C2Cc3ccccc3S(=O)(=O)N2)c1=O. The molecule has 3 N–H and O–H groups in total. The Kier molecular flexibility index (Phi) is 6.92. The smallest absolute Gasteiger partial charge is 0.264 e. The molecule has 7 rings (SSSR count). The molecule has 2 aliphatic rings. The third kappa shape index (κ3) is 5.26. The van der Waals surface area contributed by atoms with Crippen molar-refractivity contribution in [2.45, 2.75) is 36.4 Å². The van der Waals surface area contributed by atoms with Gasteiger partial charge in [0.2, 0.25) is 16.0 Å². The molecule has 2 aromatic carbocycles. The van der Waals surface area contributed by atoms with Crippen molar-refractivity contribution in [1.29, 1.82) is 0 Å². The lowest BCUT2D eigenvalue weighted by Crippen LogP contribution is -2.43. The highest BCUT2D eigenvalue weighted by Gasteiger charge is 2.32. The van der Waals surface area contributed by atoms with Gasteiger partial charge in [-0.15, -0.1) is 0 Å². The van der Waals surface area contributed by atoms with Crippen LogP contribution in [0.4, 0.5) is 11.6 Å². The summed E-state index contributed by atoms with van der Waals surface area (Å²) in [5.74, 6) is 1.49. The second-order valence-corrected chi connectivity index (χ2v) is 12.4. The maximum absolute atomic E-state index is 14.1. The van der Waals surface area contributed by atoms with Crippen LogP contribution in [-0.2, 0) is 23.5 Å². The van der Waals surface area contributed by atoms with Crippen LogP contribution in [0.5, 0.6) is 5.75 Å². The van der Waals surface area contributed by atoms with E-state index in [1.807, 2.05) is 24.3 Å². The molecule has 2 atom stereocenters. The number of imidazole rings is 1. The first-order valence-corrected chi connectivity index (χ1v) is 15.6. The van der Waals surface area contributed by atoms with Crippen LogP contribution < -0.4 is 25.7 Å². The van der Waals surface area contributed by atoms with Crippen molar-refractivity contribution < 1.29 is 13.2 Å². The summed E-state index contributed by atoms with van der Waals surface area (Å²) in [5.41, 5.74) is 1.53. The molecule has 12 nitrogen and oxygen atoms in total. The Morgan fingerprint density at radius 1 is 1.09 bits per heavy atom. The second kappa shape index (κ2) is 10.9. The van der Waals surface area contributed by atoms with E-state index >= 15 is 0 Å². The number of nitrogens with one attached hydrogen (secondary N) is 3. The maximum atomic E-state index is 14.1. The second-order valence-electron chi connectivity index (χ2n) is 10.8. The van der Waals surface area contributed by atoms with Gasteiger partial charge < -0.3 is 19.9 Å². The number of nitrogens with zero attached hydrogens (tertiary/aromatic N) is 5. The molecule has 0 bridgehead atoms. The van der Waals surface area contributed by atoms with Crippen LogP contribution in [0.25, 0.3) is 22.4 Å². The number of piperidine rings is 1. The van der Waals surface area contributed by atoms with Gasteiger partial charge in [-0.3, -0.25) is 9.36 Å². The lowest BCUT2D eigenvalue weighted by atomic mass is 10.1. The number of pyridine rings is 1. The first kappa shape index (κ1) is 27.3. The van der Waals surface area contributed by atoms with E-state index < -0.39 is 21.7 Å². The zero-order chi connectivity index (χ0) is 29.6. The molecule has 2 unspecified atom stereocenters. The minimum atomic E-state index is -3.88. The summed E-state index contributed by atoms with van der Waals surface area (Å²) in [6.07, 6.45) is 6.57. The molecule has 5 heterocycles. The van der Waals surface area contributed by atoms with Crippen molar-refractivity contribution in [2.24, 2.45) is 7.05 Å². The number of ether oxygens (including phenoxy) is 1. The molecule has 220 valence electrons. The Balaban J connectivity index is 1.27. The first-order valence-electron chi connectivity index (χ1n) is 14.1. The van der Waals surface area contributed by atoms with E-state index in [1.54, 1.807) is 60.5 Å². The molecule has 1 saturated heterocycles. The van der Waals surface area contributed by atoms with Gasteiger partial charge in [0.25, 0.3) is 5.56 Å². The average Bonchev–Trinajstić information content (AvgIpc) is 3.43. The predicted octanol–water partition coefficient (Wildman–Crippen LogP) is 3.10. The number of benzene rings is 2. The number of rotatable bonds is 6. The molecule has 0 aliphatic carbocycles. The first-order chi connectivity index (χ1) is 20.9. The van der Waals surface area contributed by atoms with Gasteiger partial charge >= 0.3 is 0 Å². The van der Waals surface area contributed by atoms with Crippen molar-refractivity contribution in [2.75, 3.05) is 18.4 Å². The van der Waals surface area contributed by atoms with E-state index in [4.69, 9.17) is 9.72 Å². The Bertz CT molecular complexity index is 1980. The normalized spacial score (nSPS) is 19.6. The molecule has 0 saturated carbocycles. The number of fused-ring (bicyclic) bond motifs is 2. The fourth-order valence-corrected chi connectivity index (χ4v) is 7.11. The lowest BCUT2D eigenvalue weighted by molar-refractivity contribution is 0.167. The standard InChI is InChI=1S/C30H30N8O4S/c1-37-14-13-32-28(37)24-15-20-17-33-30(34-21-8-10-22(11-9-21)42-23-6-4-12-31-18-23)35-27(20)38(29(24)39)26-16-19-5-2-3-7-25(19)43(40,41)36-26/h2-3,5,7-11,13-15,17,23,26,31,36H,4,6,12,16,18H2,1H3,(H,33,34,35). The van der Waals surface area contributed by atoms with Gasteiger partial charge in [0.1, 0.15) is 29.5 Å². The zero-order valence-corrected chi connectivity index (χ0v) is 24.2. The van der Waals surface area contributed by atoms with Crippen molar-refractivity contribution in [3.63, 3.8) is 0 Å². The van der Waals surface area contributed by atoms with E-state index in [2.05, 4.69) is 25.3 Å². The number of anilines is 2. The summed E-state index contributed by atoms with van der Waals surface area (Å²) in [4.78, 5) is 27.9. The number of hydrogen-bond acceptors (Lipinski definition) is 9. The van der Waals surface area contributed by atoms with Gasteiger partial charge in [-0.2, -0.15) is 9.71 Å². The number of hydrogen-bond donors (Lipinski definition) is 3. The molecule has 0 amide bonds. The van der Waals surface area contributed by atoms with Crippen LogP contribution >= 0.6 is 0 Å².